The minimum Gasteiger partial charge on any atom is -0.361 e. The maximum Gasteiger partial charge on any atom is 0.222 e. The van der Waals surface area contributed by atoms with Crippen LogP contribution in [-0.2, 0) is 11.2 Å². The first-order valence-corrected chi connectivity index (χ1v) is 6.22. The molecule has 4 heteroatoms. The fourth-order valence-corrected chi connectivity index (χ4v) is 1.80. The van der Waals surface area contributed by atoms with Crippen molar-refractivity contribution >= 4 is 5.91 Å². The lowest BCUT2D eigenvalue weighted by Crippen LogP contribution is -2.27. The van der Waals surface area contributed by atoms with Crippen LogP contribution >= 0.6 is 0 Å². The number of aromatic nitrogens is 1. The maximum atomic E-state index is 11.8. The van der Waals surface area contributed by atoms with Crippen LogP contribution in [0.25, 0.3) is 0 Å². The Hall–Kier alpha value is -1.32. The van der Waals surface area contributed by atoms with Crippen LogP contribution in [0.1, 0.15) is 43.2 Å². The average molecular weight is 238 g/mol. The molecule has 0 aliphatic carbocycles. The Morgan fingerprint density at radius 2 is 2.12 bits per heavy atom. The van der Waals surface area contributed by atoms with E-state index in [9.17, 15) is 4.79 Å². The highest BCUT2D eigenvalue weighted by molar-refractivity contribution is 5.76. The van der Waals surface area contributed by atoms with Gasteiger partial charge in [-0.15, -0.1) is 0 Å². The third kappa shape index (κ3) is 3.88. The van der Waals surface area contributed by atoms with Gasteiger partial charge in [-0.3, -0.25) is 4.79 Å². The summed E-state index contributed by atoms with van der Waals surface area (Å²) in [5, 5.41) is 3.89. The zero-order valence-electron chi connectivity index (χ0n) is 11.2. The standard InChI is InChI=1S/C13H22N2O2/c1-5-6-9-15(4)13(16)8-7-12-10(2)14-17-11(12)3/h5-9H2,1-4H3. The molecule has 1 amide bonds. The van der Waals surface area contributed by atoms with Gasteiger partial charge in [-0.25, -0.2) is 0 Å². The quantitative estimate of drug-likeness (QED) is 0.765. The molecule has 4 nitrogen and oxygen atoms in total. The fourth-order valence-electron chi connectivity index (χ4n) is 1.80. The van der Waals surface area contributed by atoms with Gasteiger partial charge in [0.15, 0.2) is 0 Å². The van der Waals surface area contributed by atoms with Gasteiger partial charge in [-0.05, 0) is 26.7 Å². The number of carbonyl (C=O) groups is 1. The van der Waals surface area contributed by atoms with E-state index < -0.39 is 0 Å². The Balaban J connectivity index is 2.43. The number of hydrogen-bond donors (Lipinski definition) is 0. The van der Waals surface area contributed by atoms with Crippen LogP contribution < -0.4 is 0 Å². The second-order valence-electron chi connectivity index (χ2n) is 4.47. The molecule has 0 aliphatic heterocycles. The molecule has 0 saturated heterocycles. The number of amides is 1. The summed E-state index contributed by atoms with van der Waals surface area (Å²) in [5.74, 6) is 1.02. The van der Waals surface area contributed by atoms with E-state index in [1.807, 2.05) is 25.8 Å². The van der Waals surface area contributed by atoms with Gasteiger partial charge in [-0.2, -0.15) is 0 Å². The molecule has 0 aliphatic rings. The Morgan fingerprint density at radius 3 is 2.65 bits per heavy atom. The lowest BCUT2D eigenvalue weighted by atomic mass is 10.1. The van der Waals surface area contributed by atoms with E-state index in [1.165, 1.54) is 0 Å². The summed E-state index contributed by atoms with van der Waals surface area (Å²) in [6.07, 6.45) is 3.43. The highest BCUT2D eigenvalue weighted by Gasteiger charge is 2.13. The molecule has 0 aromatic carbocycles. The Morgan fingerprint density at radius 1 is 1.41 bits per heavy atom. The largest absolute Gasteiger partial charge is 0.361 e. The highest BCUT2D eigenvalue weighted by Crippen LogP contribution is 2.14. The summed E-state index contributed by atoms with van der Waals surface area (Å²) in [7, 11) is 1.87. The summed E-state index contributed by atoms with van der Waals surface area (Å²) in [5.41, 5.74) is 1.97. The van der Waals surface area contributed by atoms with E-state index in [1.54, 1.807) is 0 Å². The first kappa shape index (κ1) is 13.7. The van der Waals surface area contributed by atoms with Crippen molar-refractivity contribution in [1.29, 1.82) is 0 Å². The molecule has 0 N–H and O–H groups in total. The number of unbranched alkanes of at least 4 members (excludes halogenated alkanes) is 1. The van der Waals surface area contributed by atoms with Crippen molar-refractivity contribution in [3.63, 3.8) is 0 Å². The maximum absolute atomic E-state index is 11.8. The molecule has 0 saturated carbocycles. The number of carbonyl (C=O) groups excluding carboxylic acids is 1. The molecule has 0 radical (unpaired) electrons. The van der Waals surface area contributed by atoms with Gasteiger partial charge in [0.25, 0.3) is 0 Å². The molecule has 0 bridgehead atoms. The van der Waals surface area contributed by atoms with Crippen LogP contribution in [-0.4, -0.2) is 29.6 Å². The number of aryl methyl sites for hydroxylation is 2. The van der Waals surface area contributed by atoms with Crippen LogP contribution in [0.4, 0.5) is 0 Å². The molecule has 0 fully saturated rings. The second-order valence-corrected chi connectivity index (χ2v) is 4.47. The van der Waals surface area contributed by atoms with E-state index in [0.717, 1.165) is 42.8 Å². The van der Waals surface area contributed by atoms with E-state index in [2.05, 4.69) is 12.1 Å². The van der Waals surface area contributed by atoms with Crippen molar-refractivity contribution in [3.8, 4) is 0 Å². The zero-order chi connectivity index (χ0) is 12.8. The minimum atomic E-state index is 0.193. The van der Waals surface area contributed by atoms with Gasteiger partial charge in [0.05, 0.1) is 5.69 Å². The molecular weight excluding hydrogens is 216 g/mol. The Labute approximate surface area is 103 Å². The average Bonchev–Trinajstić information content (AvgIpc) is 2.63. The van der Waals surface area contributed by atoms with Crippen molar-refractivity contribution < 1.29 is 9.32 Å². The smallest absolute Gasteiger partial charge is 0.222 e. The van der Waals surface area contributed by atoms with Crippen LogP contribution in [0.15, 0.2) is 4.52 Å². The monoisotopic (exact) mass is 238 g/mol. The lowest BCUT2D eigenvalue weighted by molar-refractivity contribution is -0.129. The molecule has 96 valence electrons. The van der Waals surface area contributed by atoms with Gasteiger partial charge in [0.2, 0.25) is 5.91 Å². The van der Waals surface area contributed by atoms with Crippen molar-refractivity contribution in [2.45, 2.75) is 46.5 Å². The summed E-state index contributed by atoms with van der Waals surface area (Å²) in [4.78, 5) is 13.6. The molecule has 1 aromatic heterocycles. The summed E-state index contributed by atoms with van der Waals surface area (Å²) < 4.78 is 5.08. The molecule has 1 heterocycles. The van der Waals surface area contributed by atoms with Gasteiger partial charge >= 0.3 is 0 Å². The second kappa shape index (κ2) is 6.42. The normalized spacial score (nSPS) is 10.6. The summed E-state index contributed by atoms with van der Waals surface area (Å²) in [6.45, 7) is 6.77. The lowest BCUT2D eigenvalue weighted by Gasteiger charge is -2.16. The molecule has 0 atom stereocenters. The Kier molecular flexibility index (Phi) is 5.19. The van der Waals surface area contributed by atoms with Gasteiger partial charge in [0.1, 0.15) is 5.76 Å². The Bertz CT molecular complexity index is 352. The number of nitrogens with zero attached hydrogens (tertiary/aromatic N) is 2. The number of rotatable bonds is 6. The topological polar surface area (TPSA) is 46.3 Å². The predicted molar refractivity (Wildman–Crippen MR) is 66.8 cm³/mol. The molecule has 1 rings (SSSR count). The first-order chi connectivity index (χ1) is 8.06. The van der Waals surface area contributed by atoms with Crippen LogP contribution in [0, 0.1) is 13.8 Å². The fraction of sp³-hybridized carbons (Fsp3) is 0.692. The first-order valence-electron chi connectivity index (χ1n) is 6.22. The van der Waals surface area contributed by atoms with Gasteiger partial charge in [-0.1, -0.05) is 18.5 Å². The molecule has 17 heavy (non-hydrogen) atoms. The van der Waals surface area contributed by atoms with Crippen molar-refractivity contribution in [2.24, 2.45) is 0 Å². The van der Waals surface area contributed by atoms with Crippen LogP contribution in [0.3, 0.4) is 0 Å². The van der Waals surface area contributed by atoms with Gasteiger partial charge < -0.3 is 9.42 Å². The van der Waals surface area contributed by atoms with E-state index in [4.69, 9.17) is 4.52 Å². The SMILES string of the molecule is CCCCN(C)C(=O)CCc1c(C)noc1C. The van der Waals surface area contributed by atoms with E-state index >= 15 is 0 Å². The van der Waals surface area contributed by atoms with Crippen LogP contribution in [0.2, 0.25) is 0 Å². The summed E-state index contributed by atoms with van der Waals surface area (Å²) in [6, 6.07) is 0. The summed E-state index contributed by atoms with van der Waals surface area (Å²) >= 11 is 0. The third-order valence-corrected chi connectivity index (χ3v) is 3.04. The van der Waals surface area contributed by atoms with Crippen molar-refractivity contribution in [2.75, 3.05) is 13.6 Å². The predicted octanol–water partition coefficient (Wildman–Crippen LogP) is 2.48. The van der Waals surface area contributed by atoms with Crippen LogP contribution in [0.5, 0.6) is 0 Å². The van der Waals surface area contributed by atoms with Crippen molar-refractivity contribution in [1.82, 2.24) is 10.1 Å². The molecule has 1 aromatic rings. The number of hydrogen-bond acceptors (Lipinski definition) is 3. The highest BCUT2D eigenvalue weighted by atomic mass is 16.5. The third-order valence-electron chi connectivity index (χ3n) is 3.04. The molecule has 0 unspecified atom stereocenters. The minimum absolute atomic E-state index is 0.193. The molecule has 0 spiro atoms. The molecular formula is C13H22N2O2. The van der Waals surface area contributed by atoms with E-state index in [-0.39, 0.29) is 5.91 Å². The van der Waals surface area contributed by atoms with Crippen molar-refractivity contribution in [3.05, 3.63) is 17.0 Å². The van der Waals surface area contributed by atoms with E-state index in [0.29, 0.717) is 6.42 Å². The van der Waals surface area contributed by atoms with Gasteiger partial charge in [0, 0.05) is 25.6 Å². The zero-order valence-corrected chi connectivity index (χ0v) is 11.2.